The second-order valence-corrected chi connectivity index (χ2v) is 6.92. The zero-order chi connectivity index (χ0) is 16.6. The number of nitrogens with one attached hydrogen (secondary N) is 1. The molecule has 1 saturated heterocycles. The van der Waals surface area contributed by atoms with Crippen molar-refractivity contribution in [3.05, 3.63) is 30.6 Å². The predicted molar refractivity (Wildman–Crippen MR) is 93.1 cm³/mol. The van der Waals surface area contributed by atoms with E-state index in [2.05, 4.69) is 10.2 Å². The molecule has 2 aliphatic rings. The molecule has 5 nitrogen and oxygen atoms in total. The van der Waals surface area contributed by atoms with E-state index in [1.165, 1.54) is 19.3 Å². The van der Waals surface area contributed by atoms with Gasteiger partial charge in [-0.3, -0.25) is 9.89 Å². The Bertz CT molecular complexity index is 733. The smallest absolute Gasteiger partial charge is 0.233 e. The van der Waals surface area contributed by atoms with Gasteiger partial charge in [-0.15, -0.1) is 0 Å². The minimum Gasteiger partial charge on any atom is -0.496 e. The fourth-order valence-electron chi connectivity index (χ4n) is 4.24. The molecule has 1 N–H and O–H groups in total. The van der Waals surface area contributed by atoms with E-state index in [9.17, 15) is 4.79 Å². The van der Waals surface area contributed by atoms with Gasteiger partial charge in [0.25, 0.3) is 0 Å². The average Bonchev–Trinajstić information content (AvgIpc) is 3.25. The molecule has 4 rings (SSSR count). The molecular formula is C19H23N3O2. The first-order valence-electron chi connectivity index (χ1n) is 8.73. The molecule has 0 bridgehead atoms. The van der Waals surface area contributed by atoms with Gasteiger partial charge < -0.3 is 9.64 Å². The fourth-order valence-corrected chi connectivity index (χ4v) is 4.24. The molecule has 1 aliphatic heterocycles. The van der Waals surface area contributed by atoms with Gasteiger partial charge in [-0.2, -0.15) is 5.10 Å². The molecule has 0 unspecified atom stereocenters. The Morgan fingerprint density at radius 1 is 1.21 bits per heavy atom. The number of nitrogens with zero attached hydrogens (tertiary/aromatic N) is 2. The van der Waals surface area contributed by atoms with Crippen molar-refractivity contribution < 1.29 is 9.53 Å². The molecule has 1 spiro atoms. The van der Waals surface area contributed by atoms with Gasteiger partial charge in [0.05, 0.1) is 18.7 Å². The lowest BCUT2D eigenvalue weighted by atomic mass is 9.73. The Hall–Kier alpha value is -2.30. The van der Waals surface area contributed by atoms with Crippen LogP contribution < -0.4 is 9.64 Å². The summed E-state index contributed by atoms with van der Waals surface area (Å²) in [5, 5.41) is 6.82. The molecule has 5 heteroatoms. The highest BCUT2D eigenvalue weighted by Gasteiger charge is 2.47. The highest BCUT2D eigenvalue weighted by atomic mass is 16.5. The summed E-state index contributed by atoms with van der Waals surface area (Å²) in [5.41, 5.74) is 2.80. The monoisotopic (exact) mass is 325 g/mol. The lowest BCUT2D eigenvalue weighted by molar-refractivity contribution is -0.127. The Balaban J connectivity index is 1.64. The first kappa shape index (κ1) is 15.2. The maximum absolute atomic E-state index is 13.1. The molecule has 1 saturated carbocycles. The van der Waals surface area contributed by atoms with Crippen molar-refractivity contribution in [2.45, 2.75) is 38.5 Å². The van der Waals surface area contributed by atoms with Crippen LogP contribution in [0.4, 0.5) is 5.69 Å². The number of benzene rings is 1. The van der Waals surface area contributed by atoms with E-state index in [1.54, 1.807) is 13.3 Å². The lowest BCUT2D eigenvalue weighted by Gasteiger charge is -2.31. The Morgan fingerprint density at radius 2 is 2.04 bits per heavy atom. The van der Waals surface area contributed by atoms with E-state index in [0.717, 1.165) is 48.4 Å². The standard InChI is InChI=1S/C19H23N3O2/c1-24-17-11-15(5-6-16(17)14-12-20-21-13-14)22-10-9-19(18(22)23)7-3-2-4-8-19/h5-6,11-13H,2-4,7-10H2,1H3,(H,20,21). The number of methoxy groups -OCH3 is 1. The van der Waals surface area contributed by atoms with Crippen LogP contribution in [0.2, 0.25) is 0 Å². The van der Waals surface area contributed by atoms with E-state index in [4.69, 9.17) is 4.74 Å². The third-order valence-electron chi connectivity index (χ3n) is 5.63. The maximum Gasteiger partial charge on any atom is 0.233 e. The van der Waals surface area contributed by atoms with Crippen LogP contribution in [0.25, 0.3) is 11.1 Å². The highest BCUT2D eigenvalue weighted by molar-refractivity contribution is 6.00. The third-order valence-corrected chi connectivity index (χ3v) is 5.63. The maximum atomic E-state index is 13.1. The molecule has 2 fully saturated rings. The number of aromatic nitrogens is 2. The first-order chi connectivity index (χ1) is 11.7. The molecule has 0 radical (unpaired) electrons. The minimum atomic E-state index is -0.102. The molecule has 2 aromatic rings. The zero-order valence-corrected chi connectivity index (χ0v) is 14.0. The van der Waals surface area contributed by atoms with Gasteiger partial charge >= 0.3 is 0 Å². The molecule has 2 heterocycles. The van der Waals surface area contributed by atoms with Crippen molar-refractivity contribution in [1.82, 2.24) is 10.2 Å². The fraction of sp³-hybridized carbons (Fsp3) is 0.474. The quantitative estimate of drug-likeness (QED) is 0.934. The zero-order valence-electron chi connectivity index (χ0n) is 14.0. The number of rotatable bonds is 3. The minimum absolute atomic E-state index is 0.102. The largest absolute Gasteiger partial charge is 0.496 e. The van der Waals surface area contributed by atoms with E-state index in [-0.39, 0.29) is 5.41 Å². The molecule has 0 atom stereocenters. The van der Waals surface area contributed by atoms with Gasteiger partial charge in [-0.25, -0.2) is 0 Å². The number of hydrogen-bond donors (Lipinski definition) is 1. The number of H-pyrrole nitrogens is 1. The molecule has 1 amide bonds. The lowest BCUT2D eigenvalue weighted by Crippen LogP contribution is -2.36. The highest BCUT2D eigenvalue weighted by Crippen LogP contribution is 2.46. The topological polar surface area (TPSA) is 58.2 Å². The molecule has 24 heavy (non-hydrogen) atoms. The van der Waals surface area contributed by atoms with Gasteiger partial charge in [-0.05, 0) is 31.4 Å². The number of amides is 1. The Morgan fingerprint density at radius 3 is 2.75 bits per heavy atom. The number of hydrogen-bond acceptors (Lipinski definition) is 3. The Kier molecular flexibility index (Phi) is 3.79. The first-order valence-corrected chi connectivity index (χ1v) is 8.73. The predicted octanol–water partition coefficient (Wildman–Crippen LogP) is 3.77. The van der Waals surface area contributed by atoms with Crippen LogP contribution in [0.3, 0.4) is 0 Å². The average molecular weight is 325 g/mol. The van der Waals surface area contributed by atoms with Crippen molar-refractivity contribution in [1.29, 1.82) is 0 Å². The van der Waals surface area contributed by atoms with Crippen LogP contribution in [0.15, 0.2) is 30.6 Å². The van der Waals surface area contributed by atoms with Gasteiger partial charge in [0.15, 0.2) is 0 Å². The van der Waals surface area contributed by atoms with Gasteiger partial charge in [-0.1, -0.05) is 19.3 Å². The summed E-state index contributed by atoms with van der Waals surface area (Å²) in [7, 11) is 1.66. The van der Waals surface area contributed by atoms with E-state index < -0.39 is 0 Å². The summed E-state index contributed by atoms with van der Waals surface area (Å²) < 4.78 is 5.56. The summed E-state index contributed by atoms with van der Waals surface area (Å²) in [6, 6.07) is 6.00. The molecule has 1 aromatic carbocycles. The van der Waals surface area contributed by atoms with E-state index in [0.29, 0.717) is 5.91 Å². The van der Waals surface area contributed by atoms with Crippen LogP contribution >= 0.6 is 0 Å². The van der Waals surface area contributed by atoms with Crippen LogP contribution in [0, 0.1) is 5.41 Å². The number of ether oxygens (including phenoxy) is 1. The van der Waals surface area contributed by atoms with Gasteiger partial charge in [0.2, 0.25) is 5.91 Å². The van der Waals surface area contributed by atoms with Crippen LogP contribution in [-0.4, -0.2) is 29.8 Å². The van der Waals surface area contributed by atoms with E-state index in [1.807, 2.05) is 29.3 Å². The van der Waals surface area contributed by atoms with Gasteiger partial charge in [0.1, 0.15) is 5.75 Å². The van der Waals surface area contributed by atoms with Crippen molar-refractivity contribution >= 4 is 11.6 Å². The molecule has 1 aliphatic carbocycles. The SMILES string of the molecule is COc1cc(N2CCC3(CCCCC3)C2=O)ccc1-c1cn[nH]c1. The number of aromatic amines is 1. The van der Waals surface area contributed by atoms with Crippen LogP contribution in [0.1, 0.15) is 38.5 Å². The molecule has 126 valence electrons. The summed E-state index contributed by atoms with van der Waals surface area (Å²) in [5.74, 6) is 1.08. The summed E-state index contributed by atoms with van der Waals surface area (Å²) in [4.78, 5) is 15.0. The van der Waals surface area contributed by atoms with Crippen molar-refractivity contribution in [2.75, 3.05) is 18.6 Å². The van der Waals surface area contributed by atoms with Crippen LogP contribution in [-0.2, 0) is 4.79 Å². The van der Waals surface area contributed by atoms with Crippen LogP contribution in [0.5, 0.6) is 5.75 Å². The summed E-state index contributed by atoms with van der Waals surface area (Å²) in [6.07, 6.45) is 10.3. The number of anilines is 1. The Labute approximate surface area is 142 Å². The van der Waals surface area contributed by atoms with E-state index >= 15 is 0 Å². The normalized spacial score (nSPS) is 19.9. The number of carbonyl (C=O) groups is 1. The summed E-state index contributed by atoms with van der Waals surface area (Å²) in [6.45, 7) is 0.813. The second kappa shape index (κ2) is 5.96. The van der Waals surface area contributed by atoms with Gasteiger partial charge in [0, 0.05) is 35.6 Å². The van der Waals surface area contributed by atoms with Crippen molar-refractivity contribution in [3.8, 4) is 16.9 Å². The van der Waals surface area contributed by atoms with Crippen molar-refractivity contribution in [3.63, 3.8) is 0 Å². The summed E-state index contributed by atoms with van der Waals surface area (Å²) >= 11 is 0. The third kappa shape index (κ3) is 2.39. The molecule has 1 aromatic heterocycles. The van der Waals surface area contributed by atoms with Crippen molar-refractivity contribution in [2.24, 2.45) is 5.41 Å². The number of carbonyl (C=O) groups excluding carboxylic acids is 1. The second-order valence-electron chi connectivity index (χ2n) is 6.92. The molecular weight excluding hydrogens is 302 g/mol.